The van der Waals surface area contributed by atoms with E-state index in [0.717, 1.165) is 16.5 Å². The Labute approximate surface area is 174 Å². The van der Waals surface area contributed by atoms with Crippen molar-refractivity contribution in [1.29, 1.82) is 0 Å². The number of carbonyl (C=O) groups excluding carboxylic acids is 2. The van der Waals surface area contributed by atoms with Crippen LogP contribution in [0.15, 0.2) is 79.1 Å². The van der Waals surface area contributed by atoms with Gasteiger partial charge in [-0.15, -0.1) is 0 Å². The van der Waals surface area contributed by atoms with Crippen LogP contribution in [-0.4, -0.2) is 40.8 Å². The number of pyridine rings is 2. The summed E-state index contributed by atoms with van der Waals surface area (Å²) in [5.41, 5.74) is 3.79. The molecule has 0 aliphatic rings. The Morgan fingerprint density at radius 3 is 2.53 bits per heavy atom. The van der Waals surface area contributed by atoms with Gasteiger partial charge in [0, 0.05) is 48.7 Å². The van der Waals surface area contributed by atoms with E-state index in [1.165, 1.54) is 4.90 Å². The molecule has 1 N–H and O–H groups in total. The van der Waals surface area contributed by atoms with Crippen LogP contribution in [0.2, 0.25) is 0 Å². The van der Waals surface area contributed by atoms with E-state index in [-0.39, 0.29) is 11.8 Å². The first kappa shape index (κ1) is 19.3. The van der Waals surface area contributed by atoms with Crippen LogP contribution in [-0.2, 0) is 0 Å². The molecule has 0 spiro atoms. The minimum Gasteiger partial charge on any atom is -0.345 e. The standard InChI is InChI=1S/C24H20N4O2/c1-28(2)24(30)16-7-5-9-18(13-16)26-23(29)20-14-22(17-8-6-12-25-15-17)27-21-11-4-3-10-19(20)21/h3-15H,1-2H3,(H,26,29). The van der Waals surface area contributed by atoms with Crippen LogP contribution in [0.3, 0.4) is 0 Å². The maximum atomic E-state index is 13.2. The lowest BCUT2D eigenvalue weighted by molar-refractivity contribution is 0.0827. The molecule has 0 atom stereocenters. The zero-order chi connectivity index (χ0) is 21.1. The molecule has 0 saturated carbocycles. The first-order chi connectivity index (χ1) is 14.5. The van der Waals surface area contributed by atoms with Gasteiger partial charge in [-0.05, 0) is 42.5 Å². The zero-order valence-corrected chi connectivity index (χ0v) is 16.7. The highest BCUT2D eigenvalue weighted by Crippen LogP contribution is 2.25. The van der Waals surface area contributed by atoms with E-state index in [4.69, 9.17) is 0 Å². The van der Waals surface area contributed by atoms with E-state index in [1.807, 2.05) is 36.4 Å². The number of benzene rings is 2. The molecule has 2 aromatic heterocycles. The number of para-hydroxylation sites is 1. The third-order valence-electron chi connectivity index (χ3n) is 4.69. The number of aromatic nitrogens is 2. The fourth-order valence-corrected chi connectivity index (χ4v) is 3.21. The number of hydrogen-bond acceptors (Lipinski definition) is 4. The van der Waals surface area contributed by atoms with E-state index >= 15 is 0 Å². The third-order valence-corrected chi connectivity index (χ3v) is 4.69. The molecule has 2 amide bonds. The average molecular weight is 396 g/mol. The Bertz CT molecular complexity index is 1240. The van der Waals surface area contributed by atoms with Gasteiger partial charge in [-0.2, -0.15) is 0 Å². The quantitative estimate of drug-likeness (QED) is 0.560. The lowest BCUT2D eigenvalue weighted by Gasteiger charge is -2.13. The van der Waals surface area contributed by atoms with Gasteiger partial charge in [-0.3, -0.25) is 14.6 Å². The molecule has 148 valence electrons. The topological polar surface area (TPSA) is 75.2 Å². The Morgan fingerprint density at radius 1 is 0.933 bits per heavy atom. The van der Waals surface area contributed by atoms with E-state index in [1.54, 1.807) is 56.8 Å². The normalized spacial score (nSPS) is 10.6. The predicted molar refractivity (Wildman–Crippen MR) is 117 cm³/mol. The maximum absolute atomic E-state index is 13.2. The molecule has 0 aliphatic heterocycles. The number of carbonyl (C=O) groups is 2. The van der Waals surface area contributed by atoms with Gasteiger partial charge in [0.2, 0.25) is 0 Å². The predicted octanol–water partition coefficient (Wildman–Crippen LogP) is 4.25. The number of anilines is 1. The van der Waals surface area contributed by atoms with Crippen molar-refractivity contribution in [1.82, 2.24) is 14.9 Å². The van der Waals surface area contributed by atoms with E-state index in [9.17, 15) is 9.59 Å². The summed E-state index contributed by atoms with van der Waals surface area (Å²) < 4.78 is 0. The monoisotopic (exact) mass is 396 g/mol. The highest BCUT2D eigenvalue weighted by atomic mass is 16.2. The summed E-state index contributed by atoms with van der Waals surface area (Å²) in [5.74, 6) is -0.396. The van der Waals surface area contributed by atoms with E-state index in [2.05, 4.69) is 15.3 Å². The van der Waals surface area contributed by atoms with Gasteiger partial charge in [-0.1, -0.05) is 24.3 Å². The summed E-state index contributed by atoms with van der Waals surface area (Å²) in [6.07, 6.45) is 3.41. The summed E-state index contributed by atoms with van der Waals surface area (Å²) in [6.45, 7) is 0. The van der Waals surface area contributed by atoms with E-state index in [0.29, 0.717) is 22.5 Å². The number of rotatable bonds is 4. The number of nitrogens with one attached hydrogen (secondary N) is 1. The average Bonchev–Trinajstić information content (AvgIpc) is 2.78. The second-order valence-electron chi connectivity index (χ2n) is 7.05. The van der Waals surface area contributed by atoms with Crippen molar-refractivity contribution in [2.75, 3.05) is 19.4 Å². The molecule has 0 aliphatic carbocycles. The van der Waals surface area contributed by atoms with Crippen LogP contribution < -0.4 is 5.32 Å². The van der Waals surface area contributed by atoms with Gasteiger partial charge in [0.25, 0.3) is 11.8 Å². The summed E-state index contributed by atoms with van der Waals surface area (Å²) >= 11 is 0. The number of nitrogens with zero attached hydrogens (tertiary/aromatic N) is 3. The second-order valence-corrected chi connectivity index (χ2v) is 7.05. The molecule has 4 aromatic rings. The molecule has 0 radical (unpaired) electrons. The minimum absolute atomic E-state index is 0.126. The van der Waals surface area contributed by atoms with Crippen LogP contribution in [0.4, 0.5) is 5.69 Å². The summed E-state index contributed by atoms with van der Waals surface area (Å²) in [7, 11) is 3.38. The Balaban J connectivity index is 1.73. The Kier molecular flexibility index (Phi) is 5.22. The molecule has 0 unspecified atom stereocenters. The van der Waals surface area contributed by atoms with Crippen LogP contribution in [0.25, 0.3) is 22.2 Å². The van der Waals surface area contributed by atoms with Crippen LogP contribution in [0, 0.1) is 0 Å². The van der Waals surface area contributed by atoms with Crippen molar-refractivity contribution in [3.8, 4) is 11.3 Å². The molecule has 30 heavy (non-hydrogen) atoms. The Hall–Kier alpha value is -4.06. The number of fused-ring (bicyclic) bond motifs is 1. The van der Waals surface area contributed by atoms with Crippen LogP contribution in [0.5, 0.6) is 0 Å². The van der Waals surface area contributed by atoms with Crippen molar-refractivity contribution >= 4 is 28.4 Å². The van der Waals surface area contributed by atoms with Gasteiger partial charge in [0.1, 0.15) is 0 Å². The lowest BCUT2D eigenvalue weighted by Crippen LogP contribution is -2.22. The molecule has 2 aromatic carbocycles. The first-order valence-corrected chi connectivity index (χ1v) is 9.46. The molecule has 2 heterocycles. The third kappa shape index (κ3) is 3.89. The second kappa shape index (κ2) is 8.13. The van der Waals surface area contributed by atoms with Crippen LogP contribution in [0.1, 0.15) is 20.7 Å². The van der Waals surface area contributed by atoms with Crippen molar-refractivity contribution < 1.29 is 9.59 Å². The molecule has 6 nitrogen and oxygen atoms in total. The van der Waals surface area contributed by atoms with Gasteiger partial charge in [-0.25, -0.2) is 4.98 Å². The van der Waals surface area contributed by atoms with Crippen molar-refractivity contribution in [2.24, 2.45) is 0 Å². The first-order valence-electron chi connectivity index (χ1n) is 9.46. The molecule has 6 heteroatoms. The molecular formula is C24H20N4O2. The molecular weight excluding hydrogens is 376 g/mol. The minimum atomic E-state index is -0.270. The highest BCUT2D eigenvalue weighted by molar-refractivity contribution is 6.13. The number of amides is 2. The highest BCUT2D eigenvalue weighted by Gasteiger charge is 2.15. The summed E-state index contributed by atoms with van der Waals surface area (Å²) in [5, 5.41) is 3.66. The zero-order valence-electron chi connectivity index (χ0n) is 16.7. The lowest BCUT2D eigenvalue weighted by atomic mass is 10.0. The Morgan fingerprint density at radius 2 is 1.77 bits per heavy atom. The van der Waals surface area contributed by atoms with Crippen molar-refractivity contribution in [3.05, 3.63) is 90.3 Å². The fraction of sp³-hybridized carbons (Fsp3) is 0.0833. The maximum Gasteiger partial charge on any atom is 0.256 e. The van der Waals surface area contributed by atoms with Gasteiger partial charge >= 0.3 is 0 Å². The van der Waals surface area contributed by atoms with E-state index < -0.39 is 0 Å². The fourth-order valence-electron chi connectivity index (χ4n) is 3.21. The summed E-state index contributed by atoms with van der Waals surface area (Å²) in [4.78, 5) is 35.7. The number of hydrogen-bond donors (Lipinski definition) is 1. The molecule has 0 bridgehead atoms. The van der Waals surface area contributed by atoms with Crippen molar-refractivity contribution in [2.45, 2.75) is 0 Å². The van der Waals surface area contributed by atoms with Crippen molar-refractivity contribution in [3.63, 3.8) is 0 Å². The smallest absolute Gasteiger partial charge is 0.256 e. The molecule has 0 saturated heterocycles. The van der Waals surface area contributed by atoms with Gasteiger partial charge in [0.05, 0.1) is 16.8 Å². The molecule has 0 fully saturated rings. The SMILES string of the molecule is CN(C)C(=O)c1cccc(NC(=O)c2cc(-c3cccnc3)nc3ccccc23)c1. The van der Waals surface area contributed by atoms with Crippen LogP contribution >= 0.6 is 0 Å². The largest absolute Gasteiger partial charge is 0.345 e. The van der Waals surface area contributed by atoms with Gasteiger partial charge < -0.3 is 10.2 Å². The summed E-state index contributed by atoms with van der Waals surface area (Å²) in [6, 6.07) is 19.9. The van der Waals surface area contributed by atoms with Gasteiger partial charge in [0.15, 0.2) is 0 Å². The molecule has 4 rings (SSSR count).